The molecule has 1 aliphatic heterocycles. The Labute approximate surface area is 228 Å². The van der Waals surface area contributed by atoms with Crippen LogP contribution in [0, 0.1) is 0 Å². The van der Waals surface area contributed by atoms with E-state index in [0.29, 0.717) is 39.8 Å². The van der Waals surface area contributed by atoms with E-state index in [2.05, 4.69) is 39.7 Å². The summed E-state index contributed by atoms with van der Waals surface area (Å²) in [5, 5.41) is 9.27. The number of fused-ring (bicyclic) bond motifs is 1. The summed E-state index contributed by atoms with van der Waals surface area (Å²) >= 11 is 11.2. The van der Waals surface area contributed by atoms with Crippen LogP contribution in [-0.2, 0) is 16.1 Å². The third-order valence-corrected chi connectivity index (χ3v) is 7.18. The predicted molar refractivity (Wildman–Crippen MR) is 147 cm³/mol. The highest BCUT2D eigenvalue weighted by Gasteiger charge is 2.37. The molecule has 1 aromatic heterocycles. The van der Waals surface area contributed by atoms with E-state index in [9.17, 15) is 4.79 Å². The SMILES string of the molecule is C=CCOC(=O)C1=C(C)Nc2nc(SCCC)nn2C1c1cc(Br)ccc1OCc1ccc(Cl)cc1. The second-order valence-corrected chi connectivity index (χ2v) is 10.5. The van der Waals surface area contributed by atoms with Gasteiger partial charge in [-0.05, 0) is 49.2 Å². The third-order valence-electron chi connectivity index (χ3n) is 5.39. The maximum Gasteiger partial charge on any atom is 0.338 e. The number of nitrogens with zero attached hydrogens (tertiary/aromatic N) is 3. The molecule has 2 heterocycles. The maximum atomic E-state index is 13.2. The summed E-state index contributed by atoms with van der Waals surface area (Å²) in [6.07, 6.45) is 2.54. The Kier molecular flexibility index (Phi) is 8.77. The molecule has 0 amide bonds. The molecule has 0 saturated heterocycles. The van der Waals surface area contributed by atoms with Gasteiger partial charge in [0.15, 0.2) is 0 Å². The Hall–Kier alpha value is -2.75. The van der Waals surface area contributed by atoms with Crippen molar-refractivity contribution in [1.82, 2.24) is 14.8 Å². The Bertz CT molecular complexity index is 1290. The number of aromatic nitrogens is 3. The van der Waals surface area contributed by atoms with Gasteiger partial charge in [0.2, 0.25) is 11.1 Å². The predicted octanol–water partition coefficient (Wildman–Crippen LogP) is 6.79. The first-order valence-corrected chi connectivity index (χ1v) is 13.6. The van der Waals surface area contributed by atoms with Crippen molar-refractivity contribution in [2.24, 2.45) is 0 Å². The molecular formula is C26H26BrClN4O3S. The monoisotopic (exact) mass is 588 g/mol. The molecule has 7 nitrogen and oxygen atoms in total. The topological polar surface area (TPSA) is 78.3 Å². The second-order valence-electron chi connectivity index (χ2n) is 8.06. The van der Waals surface area contributed by atoms with Gasteiger partial charge in [-0.1, -0.05) is 71.0 Å². The lowest BCUT2D eigenvalue weighted by Gasteiger charge is -2.29. The van der Waals surface area contributed by atoms with Crippen LogP contribution in [0.3, 0.4) is 0 Å². The molecule has 4 rings (SSSR count). The van der Waals surface area contributed by atoms with Gasteiger partial charge >= 0.3 is 5.97 Å². The van der Waals surface area contributed by atoms with Gasteiger partial charge in [-0.2, -0.15) is 4.98 Å². The van der Waals surface area contributed by atoms with Gasteiger partial charge in [0.25, 0.3) is 0 Å². The summed E-state index contributed by atoms with van der Waals surface area (Å²) in [4.78, 5) is 17.9. The van der Waals surface area contributed by atoms with Crippen LogP contribution < -0.4 is 10.1 Å². The summed E-state index contributed by atoms with van der Waals surface area (Å²) in [5.41, 5.74) is 2.79. The van der Waals surface area contributed by atoms with Gasteiger partial charge in [0.1, 0.15) is 25.0 Å². The molecule has 0 radical (unpaired) electrons. The van der Waals surface area contributed by atoms with E-state index in [1.165, 1.54) is 0 Å². The lowest BCUT2D eigenvalue weighted by atomic mass is 9.95. The van der Waals surface area contributed by atoms with Gasteiger partial charge < -0.3 is 14.8 Å². The first kappa shape index (κ1) is 26.3. The van der Waals surface area contributed by atoms with Gasteiger partial charge in [0, 0.05) is 26.5 Å². The van der Waals surface area contributed by atoms with Crippen molar-refractivity contribution in [2.75, 3.05) is 17.7 Å². The molecule has 1 unspecified atom stereocenters. The quantitative estimate of drug-likeness (QED) is 0.158. The number of anilines is 1. The van der Waals surface area contributed by atoms with E-state index in [-0.39, 0.29) is 6.61 Å². The summed E-state index contributed by atoms with van der Waals surface area (Å²) in [6, 6.07) is 12.6. The Balaban J connectivity index is 1.78. The summed E-state index contributed by atoms with van der Waals surface area (Å²) in [7, 11) is 0. The minimum absolute atomic E-state index is 0.0998. The normalized spacial score (nSPS) is 14.7. The van der Waals surface area contributed by atoms with Crippen molar-refractivity contribution in [2.45, 2.75) is 38.1 Å². The molecule has 1 N–H and O–H groups in total. The fourth-order valence-corrected chi connectivity index (χ4v) is 4.94. The molecule has 1 atom stereocenters. The van der Waals surface area contributed by atoms with Gasteiger partial charge in [-0.15, -0.1) is 5.10 Å². The maximum absolute atomic E-state index is 13.2. The average Bonchev–Trinajstić information content (AvgIpc) is 3.27. The van der Waals surface area contributed by atoms with Crippen LogP contribution in [0.2, 0.25) is 5.02 Å². The molecule has 10 heteroatoms. The highest BCUT2D eigenvalue weighted by molar-refractivity contribution is 9.10. The zero-order chi connectivity index (χ0) is 25.7. The molecule has 2 aromatic carbocycles. The number of carbonyl (C=O) groups excluding carboxylic acids is 1. The van der Waals surface area contributed by atoms with Crippen LogP contribution in [0.4, 0.5) is 5.95 Å². The molecular weight excluding hydrogens is 564 g/mol. The first-order valence-electron chi connectivity index (χ1n) is 11.4. The summed E-state index contributed by atoms with van der Waals surface area (Å²) in [5.74, 6) is 1.60. The van der Waals surface area contributed by atoms with Gasteiger partial charge in [-0.25, -0.2) is 9.48 Å². The fourth-order valence-electron chi connectivity index (χ4n) is 3.76. The van der Waals surface area contributed by atoms with Crippen LogP contribution in [0.5, 0.6) is 5.75 Å². The second kappa shape index (κ2) is 12.0. The smallest absolute Gasteiger partial charge is 0.338 e. The summed E-state index contributed by atoms with van der Waals surface area (Å²) in [6.45, 7) is 8.02. The number of rotatable bonds is 10. The van der Waals surface area contributed by atoms with Crippen LogP contribution in [0.25, 0.3) is 0 Å². The fraction of sp³-hybridized carbons (Fsp3) is 0.269. The van der Waals surface area contributed by atoms with E-state index < -0.39 is 12.0 Å². The first-order chi connectivity index (χ1) is 17.4. The minimum Gasteiger partial charge on any atom is -0.489 e. The van der Waals surface area contributed by atoms with E-state index in [1.54, 1.807) is 22.5 Å². The number of benzene rings is 2. The van der Waals surface area contributed by atoms with E-state index in [0.717, 1.165) is 27.8 Å². The molecule has 3 aromatic rings. The number of hydrogen-bond acceptors (Lipinski definition) is 7. The van der Waals surface area contributed by atoms with E-state index in [1.807, 2.05) is 49.4 Å². The molecule has 0 saturated carbocycles. The van der Waals surface area contributed by atoms with Crippen LogP contribution in [0.1, 0.15) is 37.4 Å². The third kappa shape index (κ3) is 5.96. The number of halogens is 2. The molecule has 0 bridgehead atoms. The number of nitrogens with one attached hydrogen (secondary N) is 1. The Morgan fingerprint density at radius 1 is 1.31 bits per heavy atom. The Morgan fingerprint density at radius 3 is 2.81 bits per heavy atom. The molecule has 36 heavy (non-hydrogen) atoms. The van der Waals surface area contributed by atoms with Crippen molar-refractivity contribution in [3.05, 3.63) is 87.0 Å². The van der Waals surface area contributed by atoms with Crippen molar-refractivity contribution in [1.29, 1.82) is 0 Å². The molecule has 188 valence electrons. The number of esters is 1. The molecule has 1 aliphatic rings. The van der Waals surface area contributed by atoms with Crippen molar-refractivity contribution < 1.29 is 14.3 Å². The van der Waals surface area contributed by atoms with Crippen molar-refractivity contribution in [3.8, 4) is 5.75 Å². The highest BCUT2D eigenvalue weighted by atomic mass is 79.9. The van der Waals surface area contributed by atoms with Crippen LogP contribution in [-0.4, -0.2) is 33.1 Å². The standard InChI is InChI=1S/C26H26BrClN4O3S/c1-4-12-34-24(33)22-16(3)29-25-30-26(36-13-5-2)31-32(25)23(22)20-14-18(27)8-11-21(20)35-15-17-6-9-19(28)10-7-17/h4,6-11,14,23H,1,5,12-13,15H2,2-3H3,(H,29,30,31). The molecule has 0 aliphatic carbocycles. The number of hydrogen-bond donors (Lipinski definition) is 1. The number of allylic oxidation sites excluding steroid dienone is 1. The lowest BCUT2D eigenvalue weighted by molar-refractivity contribution is -0.138. The molecule has 0 spiro atoms. The van der Waals surface area contributed by atoms with E-state index >= 15 is 0 Å². The van der Waals surface area contributed by atoms with Gasteiger partial charge in [0.05, 0.1) is 5.57 Å². The Morgan fingerprint density at radius 2 is 2.08 bits per heavy atom. The molecule has 0 fully saturated rings. The van der Waals surface area contributed by atoms with E-state index in [4.69, 9.17) is 26.2 Å². The van der Waals surface area contributed by atoms with Crippen LogP contribution in [0.15, 0.2) is 76.0 Å². The van der Waals surface area contributed by atoms with Crippen molar-refractivity contribution >= 4 is 51.2 Å². The zero-order valence-electron chi connectivity index (χ0n) is 20.0. The average molecular weight is 590 g/mol. The number of carbonyl (C=O) groups is 1. The number of thioether (sulfide) groups is 1. The largest absolute Gasteiger partial charge is 0.489 e. The van der Waals surface area contributed by atoms with Crippen molar-refractivity contribution in [3.63, 3.8) is 0 Å². The highest BCUT2D eigenvalue weighted by Crippen LogP contribution is 2.41. The minimum atomic E-state index is -0.611. The zero-order valence-corrected chi connectivity index (χ0v) is 23.1. The lowest BCUT2D eigenvalue weighted by Crippen LogP contribution is -2.30. The summed E-state index contributed by atoms with van der Waals surface area (Å²) < 4.78 is 14.3. The number of ether oxygens (including phenoxy) is 2. The van der Waals surface area contributed by atoms with Crippen LogP contribution >= 0.6 is 39.3 Å². The van der Waals surface area contributed by atoms with Gasteiger partial charge in [-0.3, -0.25) is 0 Å².